The van der Waals surface area contributed by atoms with Crippen LogP contribution in [0.2, 0.25) is 0 Å². The van der Waals surface area contributed by atoms with Gasteiger partial charge in [-0.2, -0.15) is 5.10 Å². The van der Waals surface area contributed by atoms with Gasteiger partial charge < -0.3 is 5.32 Å². The van der Waals surface area contributed by atoms with Crippen LogP contribution in [-0.4, -0.2) is 30.6 Å². The summed E-state index contributed by atoms with van der Waals surface area (Å²) in [6.45, 7) is 2.11. The van der Waals surface area contributed by atoms with Crippen molar-refractivity contribution in [3.63, 3.8) is 0 Å². The van der Waals surface area contributed by atoms with Gasteiger partial charge in [0.2, 0.25) is 0 Å². The van der Waals surface area contributed by atoms with Gasteiger partial charge in [-0.1, -0.05) is 18.2 Å². The molecular weight excluding hydrogens is 371 g/mol. The maximum atomic E-state index is 14.1. The molecule has 1 amide bonds. The first-order valence-electron chi connectivity index (χ1n) is 8.93. The zero-order valence-electron chi connectivity index (χ0n) is 15.6. The third-order valence-electron chi connectivity index (χ3n) is 4.41. The number of pyridine rings is 1. The minimum absolute atomic E-state index is 0.259. The predicted octanol–water partition coefficient (Wildman–Crippen LogP) is 3.10. The summed E-state index contributed by atoms with van der Waals surface area (Å²) in [4.78, 5) is 25.2. The number of amides is 1. The molecule has 144 valence electrons. The van der Waals surface area contributed by atoms with Gasteiger partial charge in [-0.3, -0.25) is 9.78 Å². The Kier molecular flexibility index (Phi) is 5.07. The molecule has 7 nitrogen and oxygen atoms in total. The second kappa shape index (κ2) is 7.97. The van der Waals surface area contributed by atoms with Crippen LogP contribution in [0.4, 0.5) is 4.39 Å². The van der Waals surface area contributed by atoms with Crippen LogP contribution in [0.25, 0.3) is 17.2 Å². The smallest absolute Gasteiger partial charge is 0.255 e. The number of nitrogens with zero attached hydrogens (tertiary/aromatic N) is 5. The molecule has 8 heteroatoms. The van der Waals surface area contributed by atoms with Crippen LogP contribution in [0.15, 0.2) is 67.3 Å². The minimum atomic E-state index is -0.371. The number of hydrogen-bond donors (Lipinski definition) is 1. The summed E-state index contributed by atoms with van der Waals surface area (Å²) in [5.74, 6) is -0.373. The van der Waals surface area contributed by atoms with Crippen molar-refractivity contribution in [3.8, 4) is 17.2 Å². The molecular formula is C21H17FN6O. The standard InChI is InChI=1S/C21H17FN6O/c1-14-17(20(29)25-12-15-5-4-9-23-11-15)13-26-28(14)21-24-10-8-19(27-21)16-6-2-3-7-18(16)22/h2-11,13H,12H2,1H3,(H,25,29). The summed E-state index contributed by atoms with van der Waals surface area (Å²) in [5, 5.41) is 7.09. The molecule has 1 aromatic carbocycles. The highest BCUT2D eigenvalue weighted by atomic mass is 19.1. The largest absolute Gasteiger partial charge is 0.348 e. The van der Waals surface area contributed by atoms with Crippen LogP contribution < -0.4 is 5.32 Å². The van der Waals surface area contributed by atoms with Crippen molar-refractivity contribution in [2.75, 3.05) is 0 Å². The first-order chi connectivity index (χ1) is 14.1. The Morgan fingerprint density at radius 1 is 1.10 bits per heavy atom. The van der Waals surface area contributed by atoms with Crippen molar-refractivity contribution < 1.29 is 9.18 Å². The monoisotopic (exact) mass is 388 g/mol. The molecule has 0 atom stereocenters. The van der Waals surface area contributed by atoms with Crippen LogP contribution >= 0.6 is 0 Å². The highest BCUT2D eigenvalue weighted by Gasteiger charge is 2.17. The van der Waals surface area contributed by atoms with Crippen molar-refractivity contribution in [1.29, 1.82) is 0 Å². The first-order valence-corrected chi connectivity index (χ1v) is 8.93. The third-order valence-corrected chi connectivity index (χ3v) is 4.41. The number of carbonyl (C=O) groups is 1. The van der Waals surface area contributed by atoms with E-state index in [9.17, 15) is 9.18 Å². The molecule has 0 aliphatic carbocycles. The number of benzene rings is 1. The lowest BCUT2D eigenvalue weighted by molar-refractivity contribution is 0.0950. The van der Waals surface area contributed by atoms with Crippen LogP contribution in [0.5, 0.6) is 0 Å². The van der Waals surface area contributed by atoms with Gasteiger partial charge in [0.05, 0.1) is 23.1 Å². The Balaban J connectivity index is 1.58. The van der Waals surface area contributed by atoms with E-state index in [0.717, 1.165) is 5.56 Å². The fraction of sp³-hybridized carbons (Fsp3) is 0.0952. The van der Waals surface area contributed by atoms with Gasteiger partial charge >= 0.3 is 0 Å². The Hall–Kier alpha value is -3.94. The maximum Gasteiger partial charge on any atom is 0.255 e. The molecule has 0 fully saturated rings. The van der Waals surface area contributed by atoms with E-state index in [4.69, 9.17) is 0 Å². The second-order valence-electron chi connectivity index (χ2n) is 6.32. The third kappa shape index (κ3) is 3.86. The first kappa shape index (κ1) is 18.4. The molecule has 0 bridgehead atoms. The summed E-state index contributed by atoms with van der Waals surface area (Å²) in [6.07, 6.45) is 6.37. The highest BCUT2D eigenvalue weighted by molar-refractivity contribution is 5.95. The minimum Gasteiger partial charge on any atom is -0.348 e. The van der Waals surface area contributed by atoms with E-state index >= 15 is 0 Å². The number of rotatable bonds is 5. The molecule has 0 saturated heterocycles. The number of halogens is 1. The molecule has 3 heterocycles. The van der Waals surface area contributed by atoms with Gasteiger partial charge in [0.25, 0.3) is 11.9 Å². The number of hydrogen-bond acceptors (Lipinski definition) is 5. The second-order valence-corrected chi connectivity index (χ2v) is 6.32. The summed E-state index contributed by atoms with van der Waals surface area (Å²) in [6, 6.07) is 11.7. The van der Waals surface area contributed by atoms with E-state index in [-0.39, 0.29) is 17.7 Å². The van der Waals surface area contributed by atoms with Gasteiger partial charge in [-0.15, -0.1) is 0 Å². The average Bonchev–Trinajstić information content (AvgIpc) is 3.14. The lowest BCUT2D eigenvalue weighted by atomic mass is 10.1. The fourth-order valence-electron chi connectivity index (χ4n) is 2.88. The highest BCUT2D eigenvalue weighted by Crippen LogP contribution is 2.21. The lowest BCUT2D eigenvalue weighted by Crippen LogP contribution is -2.23. The van der Waals surface area contributed by atoms with E-state index in [1.54, 1.807) is 43.6 Å². The molecule has 4 aromatic rings. The molecule has 4 rings (SSSR count). The molecule has 3 aromatic heterocycles. The summed E-state index contributed by atoms with van der Waals surface area (Å²) < 4.78 is 15.5. The normalized spacial score (nSPS) is 10.7. The van der Waals surface area contributed by atoms with Crippen LogP contribution in [0, 0.1) is 12.7 Å². The van der Waals surface area contributed by atoms with Gasteiger partial charge in [0.1, 0.15) is 5.82 Å². The molecule has 0 radical (unpaired) electrons. The summed E-state index contributed by atoms with van der Waals surface area (Å²) in [7, 11) is 0. The van der Waals surface area contributed by atoms with Crippen LogP contribution in [-0.2, 0) is 6.54 Å². The Bertz CT molecular complexity index is 1160. The predicted molar refractivity (Wildman–Crippen MR) is 105 cm³/mol. The molecule has 0 saturated carbocycles. The van der Waals surface area contributed by atoms with Crippen molar-refractivity contribution in [3.05, 3.63) is 89.9 Å². The summed E-state index contributed by atoms with van der Waals surface area (Å²) >= 11 is 0. The molecule has 0 spiro atoms. The van der Waals surface area contributed by atoms with Crippen LogP contribution in [0.1, 0.15) is 21.6 Å². The van der Waals surface area contributed by atoms with Gasteiger partial charge in [0, 0.05) is 30.7 Å². The molecule has 0 aliphatic rings. The van der Waals surface area contributed by atoms with Gasteiger partial charge in [-0.25, -0.2) is 19.0 Å². The Labute approximate surface area is 166 Å². The molecule has 0 aliphatic heterocycles. The van der Waals surface area contributed by atoms with Crippen molar-refractivity contribution >= 4 is 5.91 Å². The maximum absolute atomic E-state index is 14.1. The van der Waals surface area contributed by atoms with Crippen LogP contribution in [0.3, 0.4) is 0 Å². The van der Waals surface area contributed by atoms with Gasteiger partial charge in [-0.05, 0) is 36.8 Å². The lowest BCUT2D eigenvalue weighted by Gasteiger charge is -2.07. The zero-order valence-corrected chi connectivity index (χ0v) is 15.6. The zero-order chi connectivity index (χ0) is 20.2. The van der Waals surface area contributed by atoms with E-state index < -0.39 is 0 Å². The quantitative estimate of drug-likeness (QED) is 0.568. The van der Waals surface area contributed by atoms with Crippen molar-refractivity contribution in [2.24, 2.45) is 0 Å². The van der Waals surface area contributed by atoms with Gasteiger partial charge in [0.15, 0.2) is 0 Å². The Morgan fingerprint density at radius 2 is 1.97 bits per heavy atom. The molecule has 29 heavy (non-hydrogen) atoms. The topological polar surface area (TPSA) is 85.6 Å². The number of aromatic nitrogens is 5. The van der Waals surface area contributed by atoms with E-state index in [1.807, 2.05) is 12.1 Å². The SMILES string of the molecule is Cc1c(C(=O)NCc2cccnc2)cnn1-c1nccc(-c2ccccc2F)n1. The molecule has 0 unspecified atom stereocenters. The van der Waals surface area contributed by atoms with E-state index in [1.165, 1.54) is 23.1 Å². The van der Waals surface area contributed by atoms with Crippen molar-refractivity contribution in [2.45, 2.75) is 13.5 Å². The molecule has 1 N–H and O–H groups in total. The number of carbonyl (C=O) groups excluding carboxylic acids is 1. The van der Waals surface area contributed by atoms with Crippen molar-refractivity contribution in [1.82, 2.24) is 30.0 Å². The summed E-state index contributed by atoms with van der Waals surface area (Å²) in [5.41, 5.74) is 2.70. The Morgan fingerprint density at radius 3 is 2.76 bits per heavy atom. The van der Waals surface area contributed by atoms with E-state index in [0.29, 0.717) is 29.1 Å². The van der Waals surface area contributed by atoms with E-state index in [2.05, 4.69) is 25.4 Å². The number of nitrogens with one attached hydrogen (secondary N) is 1. The fourth-order valence-corrected chi connectivity index (χ4v) is 2.88. The average molecular weight is 388 g/mol.